The Bertz CT molecular complexity index is 4210. The molecule has 2 aromatic rings. The van der Waals surface area contributed by atoms with Gasteiger partial charge in [-0.2, -0.15) is 11.8 Å². The third kappa shape index (κ3) is 37.8. The van der Waals surface area contributed by atoms with Gasteiger partial charge in [0.1, 0.15) is 82.3 Å². The van der Waals surface area contributed by atoms with Crippen LogP contribution in [0.5, 0.6) is 5.75 Å². The Kier molecular flexibility index (Phi) is 47.8. The number of amides is 17. The van der Waals surface area contributed by atoms with Gasteiger partial charge in [0.15, 0.2) is 6.04 Å². The molecule has 2 aliphatic heterocycles. The van der Waals surface area contributed by atoms with Crippen LogP contribution in [0.1, 0.15) is 137 Å². The summed E-state index contributed by atoms with van der Waals surface area (Å²) in [5.41, 5.74) is 12.6. The number of likely N-dealkylation sites (tertiary alicyclic amines) is 1. The average molecular weight is 1890 g/mol. The zero-order chi connectivity index (χ0) is 97.4. The van der Waals surface area contributed by atoms with Crippen LogP contribution in [0.4, 0.5) is 0 Å². The maximum Gasteiger partial charge on any atom is 0.328 e. The van der Waals surface area contributed by atoms with E-state index in [1.165, 1.54) is 47.4 Å². The molecule has 2 aromatic carbocycles. The average Bonchev–Trinajstić information content (AvgIpc) is 1.65. The molecule has 4 rings (SSSR count). The fourth-order valence-electron chi connectivity index (χ4n) is 13.4. The fourth-order valence-corrected chi connectivity index (χ4v) is 16.5. The number of carbonyl (C=O) groups excluding carboxylic acids is 17. The molecule has 724 valence electrons. The quantitative estimate of drug-likeness (QED) is 0.0274. The summed E-state index contributed by atoms with van der Waals surface area (Å²) >= 11 is 4.08. The van der Waals surface area contributed by atoms with Crippen molar-refractivity contribution in [3.63, 3.8) is 0 Å². The minimum Gasteiger partial charge on any atom is -0.508 e. The summed E-state index contributed by atoms with van der Waals surface area (Å²) < 4.78 is -0.816. The van der Waals surface area contributed by atoms with Gasteiger partial charge in [-0.15, -0.1) is 23.5 Å². The molecule has 0 aromatic heterocycles. The molecular weight excluding hydrogens is 1770 g/mol. The van der Waals surface area contributed by atoms with E-state index in [0.717, 1.165) is 25.7 Å². The lowest BCUT2D eigenvalue weighted by molar-refractivity contribution is -0.145. The summed E-state index contributed by atoms with van der Waals surface area (Å²) in [5.74, 6) is -19.8. The summed E-state index contributed by atoms with van der Waals surface area (Å²) in [6.07, 6.45) is -6.70. The van der Waals surface area contributed by atoms with Gasteiger partial charge in [0, 0.05) is 43.9 Å². The van der Waals surface area contributed by atoms with Crippen LogP contribution < -0.4 is 91.2 Å². The van der Waals surface area contributed by atoms with Crippen molar-refractivity contribution >= 4 is 148 Å². The van der Waals surface area contributed by atoms with Crippen LogP contribution in [0.25, 0.3) is 0 Å². The van der Waals surface area contributed by atoms with E-state index in [-0.39, 0.29) is 94.2 Å². The van der Waals surface area contributed by atoms with Gasteiger partial charge in [0.2, 0.25) is 100 Å². The van der Waals surface area contributed by atoms with Gasteiger partial charge in [-0.1, -0.05) is 70.2 Å². The molecule has 2 heterocycles. The SMILES string of the molecule is CSCC[C@H](NC(=O)[C@H](Cc1ccccc1)NC(=O)CNC(=O)CNC(=O)[C@@H](N)Cc1ccc(O)cc1)C(=O)N[C@H](C(=O)N[C@@H](CO)C(=O)N[C@@H](CCC(=O)O)C(=O)N[C@@H](CCCCNC(=O)C1(C)SCCS1)C(=O)N[C@@H](CO)C(=O)N[C@@H](CCC(N)=O)C(=O)N[C@H](C(=O)N1CCC[C@H]1C(=O)N[C@@H](CC(C)C)C(=O)N[C@H](C(=O)N[C@H](C(=O)O)[C@@H](C)O)C(C)C)[C@@H](C)O)[C@@H](C)O. The normalized spacial score (nSPS) is 17.1. The Morgan fingerprint density at radius 2 is 0.954 bits per heavy atom. The summed E-state index contributed by atoms with van der Waals surface area (Å²) in [6.45, 7) is 7.63. The second-order valence-electron chi connectivity index (χ2n) is 32.3. The van der Waals surface area contributed by atoms with E-state index < -0.39 is 271 Å². The first-order valence-electron chi connectivity index (χ1n) is 42.3. The van der Waals surface area contributed by atoms with E-state index in [2.05, 4.69) is 79.8 Å². The maximum atomic E-state index is 14.6. The van der Waals surface area contributed by atoms with Crippen LogP contribution in [-0.2, 0) is 104 Å². The number of aromatic hydroxyl groups is 1. The van der Waals surface area contributed by atoms with Gasteiger partial charge in [0.25, 0.3) is 0 Å². The number of unbranched alkanes of at least 4 members (excludes halogenated alkanes) is 1. The molecule has 45 nitrogen and oxygen atoms in total. The van der Waals surface area contributed by atoms with Crippen molar-refractivity contribution in [2.75, 3.05) is 62.9 Å². The van der Waals surface area contributed by atoms with Crippen molar-refractivity contribution in [2.24, 2.45) is 23.3 Å². The van der Waals surface area contributed by atoms with Crippen molar-refractivity contribution in [1.29, 1.82) is 0 Å². The highest BCUT2D eigenvalue weighted by Crippen LogP contribution is 2.43. The summed E-state index contributed by atoms with van der Waals surface area (Å²) in [7, 11) is 0. The highest BCUT2D eigenvalue weighted by Gasteiger charge is 2.44. The van der Waals surface area contributed by atoms with Crippen molar-refractivity contribution in [3.05, 3.63) is 65.7 Å². The summed E-state index contributed by atoms with van der Waals surface area (Å²) in [5, 5.41) is 118. The van der Waals surface area contributed by atoms with E-state index >= 15 is 0 Å². The number of aliphatic hydroxyl groups excluding tert-OH is 5. The fraction of sp³-hybridized carbons (Fsp3) is 0.622. The van der Waals surface area contributed by atoms with Gasteiger partial charge in [0.05, 0.1) is 50.7 Å². The summed E-state index contributed by atoms with van der Waals surface area (Å²) in [6, 6.07) is -9.35. The van der Waals surface area contributed by atoms with Crippen LogP contribution in [-0.4, -0.2) is 328 Å². The lowest BCUT2D eigenvalue weighted by Gasteiger charge is -2.32. The number of primary amides is 1. The number of aliphatic hydroxyl groups is 5. The molecule has 0 bridgehead atoms. The molecule has 17 amide bonds. The number of thioether (sulfide) groups is 3. The summed E-state index contributed by atoms with van der Waals surface area (Å²) in [4.78, 5) is 260. The number of carboxylic acids is 2. The van der Waals surface area contributed by atoms with E-state index in [4.69, 9.17) is 11.5 Å². The van der Waals surface area contributed by atoms with E-state index in [9.17, 15) is 132 Å². The van der Waals surface area contributed by atoms with Crippen molar-refractivity contribution < 1.29 is 132 Å². The smallest absolute Gasteiger partial charge is 0.328 e. The molecule has 0 unspecified atom stereocenters. The van der Waals surface area contributed by atoms with Crippen LogP contribution in [0.2, 0.25) is 0 Å². The number of phenols is 1. The molecule has 0 radical (unpaired) electrons. The third-order valence-corrected chi connectivity index (χ3v) is 24.6. The Morgan fingerprint density at radius 1 is 0.492 bits per heavy atom. The second kappa shape index (κ2) is 55.9. The number of aliphatic carboxylic acids is 2. The van der Waals surface area contributed by atoms with Crippen molar-refractivity contribution in [2.45, 2.75) is 246 Å². The second-order valence-corrected chi connectivity index (χ2v) is 36.5. The number of rotatable bonds is 57. The number of nitrogens with two attached hydrogens (primary N) is 2. The Labute approximate surface area is 764 Å². The molecule has 27 N–H and O–H groups in total. The zero-order valence-corrected chi connectivity index (χ0v) is 76.3. The molecule has 0 aliphatic carbocycles. The number of hydrogen-bond acceptors (Lipinski definition) is 29. The largest absolute Gasteiger partial charge is 0.508 e. The molecule has 2 fully saturated rings. The molecular formula is C82H126N18O27S3. The van der Waals surface area contributed by atoms with Gasteiger partial charge < -0.3 is 137 Å². The molecule has 2 saturated heterocycles. The highest BCUT2D eigenvalue weighted by atomic mass is 32.2. The lowest BCUT2D eigenvalue weighted by atomic mass is 9.99. The van der Waals surface area contributed by atoms with E-state index in [0.29, 0.717) is 22.6 Å². The number of carbonyl (C=O) groups is 19. The first-order valence-corrected chi connectivity index (χ1v) is 45.7. The van der Waals surface area contributed by atoms with Gasteiger partial charge in [-0.25, -0.2) is 4.79 Å². The minimum absolute atomic E-state index is 0.00192. The number of hydrogen-bond donors (Lipinski definition) is 25. The number of nitrogens with zero attached hydrogens (tertiary/aromatic N) is 1. The van der Waals surface area contributed by atoms with E-state index in [1.54, 1.807) is 83.3 Å². The molecule has 130 heavy (non-hydrogen) atoms. The lowest BCUT2D eigenvalue weighted by Crippen LogP contribution is -2.63. The third-order valence-electron chi connectivity index (χ3n) is 20.7. The number of benzene rings is 2. The molecule has 0 saturated carbocycles. The monoisotopic (exact) mass is 1890 g/mol. The van der Waals surface area contributed by atoms with Crippen molar-refractivity contribution in [3.8, 4) is 5.75 Å². The number of phenolic OH excluding ortho intramolecular Hbond substituents is 1. The van der Waals surface area contributed by atoms with Gasteiger partial charge in [-0.05, 0) is 139 Å². The predicted octanol–water partition coefficient (Wildman–Crippen LogP) is -7.17. The van der Waals surface area contributed by atoms with Gasteiger partial charge >= 0.3 is 11.9 Å². The van der Waals surface area contributed by atoms with Crippen LogP contribution in [0.15, 0.2) is 54.6 Å². The molecule has 17 atom stereocenters. The molecule has 2 aliphatic rings. The molecule has 48 heteroatoms. The first-order chi connectivity index (χ1) is 61.2. The maximum absolute atomic E-state index is 14.6. The standard InChI is InChI=1S/C82H126N18O27S3/c1-41(2)34-54(73(118)96-63(42(3)4)77(122)99-66(45(7)105)80(125)126)93-76(121)58-19-15-30-100(58)79(124)65(44(6)104)98-70(115)51(24-26-59(84)107)90-74(119)56(39-101)94-68(113)50(18-13-14-29-85-81(127)82(8)129-32-33-130-82)89-69(114)52(25-27-62(110)111)91-75(120)57(40-102)95-78(123)64(43(5)103)97-71(116)53(28-31-128-9)92-72(117)55(36-46-16-11-10-12-17-46)88-61(109)38-86-60(108)37-87-67(112)49(83)35-47-20-22-48(106)23-21-47/h10-12,16-17,20-23,41-45,49-58,63-66,101-106H,13-15,18-19,24-40,83H2,1-9H3,(H2,84,107)(H,85,127)(H,86,108)(H,87,112)(H,88,109)(H,89,114)(H,90,119)(H,91,120)(H,92,117)(H,93,121)(H,94,113)(H,95,123)(H,96,118)(H,97,116)(H,98,115)(H,99,122)(H,110,111)(H,125,126)/t43-,44-,45-,49+,50+,51+,52+,53+,54+,55+,56+,57+,58+,63+,64+,65+,66+/m1/s1. The van der Waals surface area contributed by atoms with Crippen LogP contribution in [0.3, 0.4) is 0 Å². The highest BCUT2D eigenvalue weighted by molar-refractivity contribution is 8.22. The Hall–Kier alpha value is -11.0. The number of carboxylic acid groups (broad SMARTS) is 2. The van der Waals surface area contributed by atoms with Crippen molar-refractivity contribution in [1.82, 2.24) is 84.7 Å². The minimum atomic E-state index is -2.08. The molecule has 0 spiro atoms. The first kappa shape index (κ1) is 111. The zero-order valence-electron chi connectivity index (χ0n) is 73.9. The van der Waals surface area contributed by atoms with Gasteiger partial charge in [-0.3, -0.25) is 86.3 Å². The predicted molar refractivity (Wildman–Crippen MR) is 473 cm³/mol. The topological polar surface area (TPSA) is 722 Å². The van der Waals surface area contributed by atoms with Crippen LogP contribution >= 0.6 is 35.3 Å². The van der Waals surface area contributed by atoms with E-state index in [1.807, 2.05) is 0 Å². The Morgan fingerprint density at radius 3 is 1.47 bits per heavy atom. The Balaban J connectivity index is 1.55. The van der Waals surface area contributed by atoms with Crippen LogP contribution in [0, 0.1) is 11.8 Å². The number of nitrogens with one attached hydrogen (secondary N) is 15.